The molecule has 1 amide bonds. The highest BCUT2D eigenvalue weighted by atomic mass is 19.2. The number of anilines is 2. The summed E-state index contributed by atoms with van der Waals surface area (Å²) in [6.07, 6.45) is 2.03. The number of amidine groups is 1. The summed E-state index contributed by atoms with van der Waals surface area (Å²) < 4.78 is 37.5. The Morgan fingerprint density at radius 3 is 2.38 bits per heavy atom. The Kier molecular flexibility index (Phi) is 7.41. The summed E-state index contributed by atoms with van der Waals surface area (Å²) in [4.78, 5) is 18.8. The van der Waals surface area contributed by atoms with Crippen molar-refractivity contribution in [2.24, 2.45) is 9.98 Å². The number of amides is 1. The maximum absolute atomic E-state index is 13.7. The van der Waals surface area contributed by atoms with Gasteiger partial charge < -0.3 is 20.1 Å². The van der Waals surface area contributed by atoms with E-state index >= 15 is 0 Å². The summed E-state index contributed by atoms with van der Waals surface area (Å²) >= 11 is 0. The molecule has 0 atom stereocenters. The average molecular weight is 402 g/mol. The molecule has 0 aliphatic rings. The maximum Gasteiger partial charge on any atom is 0.211 e. The molecular formula is C20H20F2N4O3. The third-order valence-corrected chi connectivity index (χ3v) is 3.89. The van der Waals surface area contributed by atoms with Gasteiger partial charge in [-0.15, -0.1) is 0 Å². The van der Waals surface area contributed by atoms with E-state index in [4.69, 9.17) is 9.47 Å². The van der Waals surface area contributed by atoms with E-state index in [2.05, 4.69) is 27.3 Å². The lowest BCUT2D eigenvalue weighted by Gasteiger charge is -2.13. The van der Waals surface area contributed by atoms with Crippen LogP contribution in [0.2, 0.25) is 0 Å². The molecule has 0 bridgehead atoms. The van der Waals surface area contributed by atoms with Crippen LogP contribution < -0.4 is 20.1 Å². The fraction of sp³-hybridized carbons (Fsp3) is 0.150. The molecule has 152 valence electrons. The SMILES string of the molecule is C=N/C(=C\C(=NC)Nc1ccc(OC)c(NC=O)c1)c1cc(F)c(F)cc1OC. The zero-order valence-electron chi connectivity index (χ0n) is 16.1. The Morgan fingerprint density at radius 2 is 1.79 bits per heavy atom. The number of aliphatic imine (C=N–C) groups is 2. The van der Waals surface area contributed by atoms with Gasteiger partial charge >= 0.3 is 0 Å². The van der Waals surface area contributed by atoms with Crippen molar-refractivity contribution >= 4 is 36.0 Å². The first-order chi connectivity index (χ1) is 14.0. The molecule has 0 fully saturated rings. The van der Waals surface area contributed by atoms with Gasteiger partial charge in [-0.05, 0) is 31.0 Å². The highest BCUT2D eigenvalue weighted by Crippen LogP contribution is 2.30. The minimum atomic E-state index is -1.04. The lowest BCUT2D eigenvalue weighted by Crippen LogP contribution is -2.10. The van der Waals surface area contributed by atoms with Gasteiger partial charge in [0.25, 0.3) is 0 Å². The Labute approximate surface area is 166 Å². The number of methoxy groups -OCH3 is 2. The first-order valence-electron chi connectivity index (χ1n) is 8.31. The zero-order valence-corrected chi connectivity index (χ0v) is 16.1. The predicted molar refractivity (Wildman–Crippen MR) is 110 cm³/mol. The molecule has 7 nitrogen and oxygen atoms in total. The molecule has 0 aliphatic heterocycles. The highest BCUT2D eigenvalue weighted by Gasteiger charge is 2.14. The van der Waals surface area contributed by atoms with Crippen LogP contribution in [0.4, 0.5) is 20.2 Å². The van der Waals surface area contributed by atoms with Crippen LogP contribution in [0.5, 0.6) is 11.5 Å². The molecule has 2 aromatic carbocycles. The largest absolute Gasteiger partial charge is 0.496 e. The molecule has 0 saturated carbocycles. The van der Waals surface area contributed by atoms with Gasteiger partial charge in [-0.2, -0.15) is 0 Å². The lowest BCUT2D eigenvalue weighted by molar-refractivity contribution is -0.105. The third kappa shape index (κ3) is 5.16. The van der Waals surface area contributed by atoms with E-state index in [1.807, 2.05) is 0 Å². The monoisotopic (exact) mass is 402 g/mol. The van der Waals surface area contributed by atoms with Crippen molar-refractivity contribution in [1.29, 1.82) is 0 Å². The average Bonchev–Trinajstić information content (AvgIpc) is 2.73. The Morgan fingerprint density at radius 1 is 1.10 bits per heavy atom. The second kappa shape index (κ2) is 9.98. The molecule has 29 heavy (non-hydrogen) atoms. The number of nitrogens with one attached hydrogen (secondary N) is 2. The molecule has 9 heteroatoms. The summed E-state index contributed by atoms with van der Waals surface area (Å²) in [7, 11) is 4.36. The molecule has 0 heterocycles. The summed E-state index contributed by atoms with van der Waals surface area (Å²) in [5.74, 6) is -1.16. The van der Waals surface area contributed by atoms with Gasteiger partial charge in [-0.3, -0.25) is 14.8 Å². The van der Waals surface area contributed by atoms with E-state index in [0.717, 1.165) is 12.1 Å². The molecule has 0 spiro atoms. The molecule has 2 N–H and O–H groups in total. The summed E-state index contributed by atoms with van der Waals surface area (Å²) in [5, 5.41) is 5.58. The van der Waals surface area contributed by atoms with Gasteiger partial charge in [0.15, 0.2) is 11.6 Å². The van der Waals surface area contributed by atoms with Crippen molar-refractivity contribution in [1.82, 2.24) is 0 Å². The number of nitrogens with zero attached hydrogens (tertiary/aromatic N) is 2. The summed E-state index contributed by atoms with van der Waals surface area (Å²) in [6.45, 7) is 3.48. The molecule has 0 radical (unpaired) electrons. The van der Waals surface area contributed by atoms with Gasteiger partial charge in [0.05, 0.1) is 25.6 Å². The van der Waals surface area contributed by atoms with Crippen molar-refractivity contribution < 1.29 is 23.0 Å². The van der Waals surface area contributed by atoms with E-state index in [9.17, 15) is 13.6 Å². The highest BCUT2D eigenvalue weighted by molar-refractivity contribution is 6.08. The second-order valence-electron chi connectivity index (χ2n) is 5.57. The van der Waals surface area contributed by atoms with E-state index in [0.29, 0.717) is 29.4 Å². The fourth-order valence-corrected chi connectivity index (χ4v) is 2.50. The number of carbonyl (C=O) groups excluding carboxylic acids is 1. The van der Waals surface area contributed by atoms with Crippen LogP contribution in [0.15, 0.2) is 46.4 Å². The van der Waals surface area contributed by atoms with Crippen molar-refractivity contribution in [3.63, 3.8) is 0 Å². The number of carbonyl (C=O) groups is 1. The topological polar surface area (TPSA) is 84.3 Å². The van der Waals surface area contributed by atoms with Crippen molar-refractivity contribution in [3.8, 4) is 11.5 Å². The molecule has 0 saturated heterocycles. The maximum atomic E-state index is 13.7. The van der Waals surface area contributed by atoms with Crippen LogP contribution in [-0.4, -0.2) is 40.2 Å². The van der Waals surface area contributed by atoms with E-state index in [1.165, 1.54) is 27.3 Å². The number of halogens is 2. The number of ether oxygens (including phenoxy) is 2. The lowest BCUT2D eigenvalue weighted by atomic mass is 10.1. The molecular weight excluding hydrogens is 382 g/mol. The first kappa shape index (κ1) is 21.5. The number of rotatable bonds is 8. The number of benzene rings is 2. The predicted octanol–water partition coefficient (Wildman–Crippen LogP) is 3.73. The van der Waals surface area contributed by atoms with Crippen molar-refractivity contribution in [2.45, 2.75) is 0 Å². The zero-order chi connectivity index (χ0) is 21.4. The quantitative estimate of drug-likeness (QED) is 0.400. The van der Waals surface area contributed by atoms with Crippen LogP contribution in [0.1, 0.15) is 5.56 Å². The van der Waals surface area contributed by atoms with Gasteiger partial charge in [0.2, 0.25) is 6.41 Å². The Balaban J connectivity index is 2.40. The van der Waals surface area contributed by atoms with Crippen molar-refractivity contribution in [2.75, 3.05) is 31.9 Å². The number of hydrogen-bond donors (Lipinski definition) is 2. The molecule has 2 aromatic rings. The van der Waals surface area contributed by atoms with Crippen LogP contribution in [0.3, 0.4) is 0 Å². The van der Waals surface area contributed by atoms with E-state index in [-0.39, 0.29) is 17.0 Å². The van der Waals surface area contributed by atoms with Gasteiger partial charge in [0.1, 0.15) is 17.3 Å². The minimum Gasteiger partial charge on any atom is -0.496 e. The van der Waals surface area contributed by atoms with Gasteiger partial charge in [0, 0.05) is 30.4 Å². The Bertz CT molecular complexity index is 974. The molecule has 0 unspecified atom stereocenters. The van der Waals surface area contributed by atoms with E-state index < -0.39 is 11.6 Å². The van der Waals surface area contributed by atoms with Crippen molar-refractivity contribution in [3.05, 3.63) is 53.6 Å². The van der Waals surface area contributed by atoms with Crippen LogP contribution >= 0.6 is 0 Å². The van der Waals surface area contributed by atoms with Crippen LogP contribution in [0.25, 0.3) is 5.70 Å². The van der Waals surface area contributed by atoms with Gasteiger partial charge in [-0.1, -0.05) is 0 Å². The minimum absolute atomic E-state index is 0.0971. The van der Waals surface area contributed by atoms with Crippen LogP contribution in [0, 0.1) is 11.6 Å². The standard InChI is InChI=1S/C20H20F2N4O3/c1-23-16(13-8-14(21)15(22)9-19(13)29-4)10-20(24-2)26-12-5-6-18(28-3)17(7-12)25-11-27/h5-11H,1H2,2-4H3,(H,24,26)(H,25,27)/b16-10-. The van der Waals surface area contributed by atoms with Gasteiger partial charge in [-0.25, -0.2) is 8.78 Å². The van der Waals surface area contributed by atoms with Crippen LogP contribution in [-0.2, 0) is 4.79 Å². The fourth-order valence-electron chi connectivity index (χ4n) is 2.50. The normalized spacial score (nSPS) is 11.6. The molecule has 2 rings (SSSR count). The van der Waals surface area contributed by atoms with E-state index in [1.54, 1.807) is 18.2 Å². The molecule has 0 aromatic heterocycles. The second-order valence-corrected chi connectivity index (χ2v) is 5.57. The first-order valence-corrected chi connectivity index (χ1v) is 8.31. The third-order valence-electron chi connectivity index (χ3n) is 3.89. The Hall–Kier alpha value is -3.75. The summed E-state index contributed by atoms with van der Waals surface area (Å²) in [6, 6.07) is 6.93. The summed E-state index contributed by atoms with van der Waals surface area (Å²) in [5.41, 5.74) is 1.47. The smallest absolute Gasteiger partial charge is 0.211 e. The number of hydrogen-bond acceptors (Lipinski definition) is 5. The molecule has 0 aliphatic carbocycles.